The molecule has 1 fully saturated rings. The van der Waals surface area contributed by atoms with Gasteiger partial charge in [-0.05, 0) is 54.5 Å². The molecule has 172 valence electrons. The fourth-order valence-corrected chi connectivity index (χ4v) is 4.53. The van der Waals surface area contributed by atoms with Gasteiger partial charge in [-0.2, -0.15) is 0 Å². The molecule has 1 saturated heterocycles. The first-order valence-corrected chi connectivity index (χ1v) is 11.6. The molecule has 0 aromatic heterocycles. The van der Waals surface area contributed by atoms with Gasteiger partial charge < -0.3 is 4.74 Å². The van der Waals surface area contributed by atoms with Crippen LogP contribution in [0.25, 0.3) is 22.3 Å². The van der Waals surface area contributed by atoms with Gasteiger partial charge in [-0.1, -0.05) is 74.0 Å². The first-order valence-electron chi connectivity index (χ1n) is 11.6. The van der Waals surface area contributed by atoms with Crippen LogP contribution >= 0.6 is 0 Å². The van der Waals surface area contributed by atoms with Crippen LogP contribution in [0.3, 0.4) is 0 Å². The summed E-state index contributed by atoms with van der Waals surface area (Å²) in [5, 5.41) is 0. The van der Waals surface area contributed by atoms with Crippen molar-refractivity contribution in [2.45, 2.75) is 45.6 Å². The third-order valence-electron chi connectivity index (χ3n) is 6.33. The van der Waals surface area contributed by atoms with Gasteiger partial charge in [-0.15, -0.1) is 0 Å². The molecule has 1 heterocycles. The van der Waals surface area contributed by atoms with E-state index in [4.69, 9.17) is 4.74 Å². The van der Waals surface area contributed by atoms with Gasteiger partial charge in [0.05, 0.1) is 12.7 Å². The molecule has 4 heteroatoms. The van der Waals surface area contributed by atoms with Crippen molar-refractivity contribution >= 4 is 0 Å². The topological polar surface area (TPSA) is 9.23 Å². The van der Waals surface area contributed by atoms with E-state index < -0.39 is 11.6 Å². The maximum Gasteiger partial charge on any atom is 0.166 e. The molecule has 0 saturated carbocycles. The summed E-state index contributed by atoms with van der Waals surface area (Å²) in [6.45, 7) is 4.53. The number of halogens is 3. The summed E-state index contributed by atoms with van der Waals surface area (Å²) < 4.78 is 49.8. The Hall–Kier alpha value is -2.85. The molecule has 1 aliphatic rings. The Balaban J connectivity index is 1.52. The minimum atomic E-state index is -0.826. The van der Waals surface area contributed by atoms with Crippen molar-refractivity contribution in [1.82, 2.24) is 0 Å². The molecule has 2 unspecified atom stereocenters. The smallest absolute Gasteiger partial charge is 0.166 e. The summed E-state index contributed by atoms with van der Waals surface area (Å²) in [5.74, 6) is -1.50. The SMILES string of the molecule is CC=CC1CCC(c2ccc(-c3ccc(-c4ccc(CCC)c(F)c4F)cc3)cc2F)OC1. The summed E-state index contributed by atoms with van der Waals surface area (Å²) >= 11 is 0. The van der Waals surface area contributed by atoms with E-state index in [9.17, 15) is 13.2 Å². The Morgan fingerprint density at radius 2 is 1.61 bits per heavy atom. The summed E-state index contributed by atoms with van der Waals surface area (Å²) in [4.78, 5) is 0. The van der Waals surface area contributed by atoms with Crippen molar-refractivity contribution in [3.63, 3.8) is 0 Å². The first-order chi connectivity index (χ1) is 16.0. The van der Waals surface area contributed by atoms with Gasteiger partial charge in [0.15, 0.2) is 11.6 Å². The molecule has 0 N–H and O–H groups in total. The zero-order valence-corrected chi connectivity index (χ0v) is 19.1. The second-order valence-electron chi connectivity index (χ2n) is 8.65. The van der Waals surface area contributed by atoms with Crippen LogP contribution in [0.2, 0.25) is 0 Å². The highest BCUT2D eigenvalue weighted by molar-refractivity contribution is 5.71. The molecule has 0 bridgehead atoms. The van der Waals surface area contributed by atoms with E-state index in [1.807, 2.05) is 26.0 Å². The summed E-state index contributed by atoms with van der Waals surface area (Å²) in [6.07, 6.45) is 6.97. The Kier molecular flexibility index (Phi) is 7.34. The zero-order valence-electron chi connectivity index (χ0n) is 19.1. The standard InChI is InChI=1S/C29H29F3O/c1-3-5-19-7-16-27(33-18-19)25-15-13-23(17-26(25)30)20-8-10-21(11-9-20)24-14-12-22(6-4-2)28(31)29(24)32/h3,5,8-15,17,19,27H,4,6-7,16,18H2,1-2H3. The quantitative estimate of drug-likeness (QED) is 0.342. The first kappa shape index (κ1) is 23.3. The molecular weight excluding hydrogens is 421 g/mol. The van der Waals surface area contributed by atoms with Crippen molar-refractivity contribution in [3.8, 4) is 22.3 Å². The predicted molar refractivity (Wildman–Crippen MR) is 127 cm³/mol. The van der Waals surface area contributed by atoms with Gasteiger partial charge in [0.1, 0.15) is 5.82 Å². The van der Waals surface area contributed by atoms with Crippen molar-refractivity contribution < 1.29 is 17.9 Å². The van der Waals surface area contributed by atoms with E-state index in [1.54, 1.807) is 42.5 Å². The van der Waals surface area contributed by atoms with Gasteiger partial charge in [-0.3, -0.25) is 0 Å². The Labute approximate surface area is 193 Å². The molecule has 1 nitrogen and oxygen atoms in total. The molecule has 1 aliphatic heterocycles. The molecule has 33 heavy (non-hydrogen) atoms. The van der Waals surface area contributed by atoms with Gasteiger partial charge in [0, 0.05) is 17.0 Å². The molecule has 0 aliphatic carbocycles. The van der Waals surface area contributed by atoms with Crippen LogP contribution in [0.5, 0.6) is 0 Å². The van der Waals surface area contributed by atoms with Crippen molar-refractivity contribution in [1.29, 1.82) is 0 Å². The maximum atomic E-state index is 14.9. The predicted octanol–water partition coefficient (Wildman–Crippen LogP) is 8.43. The lowest BCUT2D eigenvalue weighted by Gasteiger charge is -2.28. The fraction of sp³-hybridized carbons (Fsp3) is 0.310. The van der Waals surface area contributed by atoms with E-state index in [0.717, 1.165) is 30.4 Å². The number of hydrogen-bond donors (Lipinski definition) is 0. The summed E-state index contributed by atoms with van der Waals surface area (Å²) in [7, 11) is 0. The second kappa shape index (κ2) is 10.4. The zero-order chi connectivity index (χ0) is 23.4. The van der Waals surface area contributed by atoms with Gasteiger partial charge in [0.2, 0.25) is 0 Å². The monoisotopic (exact) mass is 450 g/mol. The molecule has 4 rings (SSSR count). The van der Waals surface area contributed by atoms with Crippen LogP contribution in [0, 0.1) is 23.4 Å². The van der Waals surface area contributed by atoms with Gasteiger partial charge >= 0.3 is 0 Å². The van der Waals surface area contributed by atoms with Crippen LogP contribution in [0.15, 0.2) is 66.7 Å². The van der Waals surface area contributed by atoms with E-state index in [1.165, 1.54) is 6.07 Å². The fourth-order valence-electron chi connectivity index (χ4n) is 4.53. The Morgan fingerprint density at radius 1 is 0.879 bits per heavy atom. The van der Waals surface area contributed by atoms with E-state index in [-0.39, 0.29) is 17.5 Å². The summed E-state index contributed by atoms with van der Waals surface area (Å²) in [6, 6.07) is 15.6. The molecule has 0 amide bonds. The average molecular weight is 451 g/mol. The van der Waals surface area contributed by atoms with Crippen LogP contribution in [0.1, 0.15) is 50.3 Å². The van der Waals surface area contributed by atoms with Crippen molar-refractivity contribution in [3.05, 3.63) is 95.3 Å². The Morgan fingerprint density at radius 3 is 2.24 bits per heavy atom. The van der Waals surface area contributed by atoms with Crippen molar-refractivity contribution in [2.24, 2.45) is 5.92 Å². The molecule has 0 radical (unpaired) electrons. The average Bonchev–Trinajstić information content (AvgIpc) is 2.83. The highest BCUT2D eigenvalue weighted by Gasteiger charge is 2.24. The lowest BCUT2D eigenvalue weighted by molar-refractivity contribution is -0.00711. The minimum absolute atomic E-state index is 0.225. The van der Waals surface area contributed by atoms with Crippen LogP contribution in [-0.2, 0) is 11.2 Å². The maximum absolute atomic E-state index is 14.9. The third kappa shape index (κ3) is 5.06. The number of hydrogen-bond acceptors (Lipinski definition) is 1. The normalized spacial score (nSPS) is 18.7. The lowest BCUT2D eigenvalue weighted by Crippen LogP contribution is -2.20. The molecule has 3 aromatic carbocycles. The van der Waals surface area contributed by atoms with Crippen LogP contribution in [0.4, 0.5) is 13.2 Å². The van der Waals surface area contributed by atoms with Crippen LogP contribution < -0.4 is 0 Å². The van der Waals surface area contributed by atoms with E-state index in [0.29, 0.717) is 35.6 Å². The molecular formula is C29H29F3O. The minimum Gasteiger partial charge on any atom is -0.373 e. The largest absolute Gasteiger partial charge is 0.373 e. The second-order valence-corrected chi connectivity index (χ2v) is 8.65. The Bertz CT molecular complexity index is 1130. The van der Waals surface area contributed by atoms with Gasteiger partial charge in [-0.25, -0.2) is 13.2 Å². The number of rotatable bonds is 6. The number of aryl methyl sites for hydroxylation is 1. The highest BCUT2D eigenvalue weighted by atomic mass is 19.2. The van der Waals surface area contributed by atoms with Crippen LogP contribution in [-0.4, -0.2) is 6.61 Å². The number of allylic oxidation sites excluding steroid dienone is 1. The third-order valence-corrected chi connectivity index (χ3v) is 6.33. The number of ether oxygens (including phenoxy) is 1. The lowest BCUT2D eigenvalue weighted by atomic mass is 9.92. The number of benzene rings is 3. The van der Waals surface area contributed by atoms with Gasteiger partial charge in [0.25, 0.3) is 0 Å². The molecule has 3 aromatic rings. The highest BCUT2D eigenvalue weighted by Crippen LogP contribution is 2.35. The molecule has 0 spiro atoms. The molecule has 2 atom stereocenters. The van der Waals surface area contributed by atoms with Crippen molar-refractivity contribution in [2.75, 3.05) is 6.61 Å². The summed E-state index contributed by atoms with van der Waals surface area (Å²) in [5.41, 5.74) is 3.33. The van der Waals surface area contributed by atoms with E-state index >= 15 is 0 Å². The van der Waals surface area contributed by atoms with E-state index in [2.05, 4.69) is 6.08 Å².